The molecule has 0 N–H and O–H groups in total. The van der Waals surface area contributed by atoms with E-state index in [9.17, 15) is 0 Å². The molecular formula is C10H6Ni-6. The van der Waals surface area contributed by atoms with E-state index in [4.69, 9.17) is 0 Å². The topological polar surface area (TPSA) is 0 Å². The van der Waals surface area contributed by atoms with Crippen LogP contribution in [-0.4, -0.2) is 0 Å². The fraction of sp³-hybridized carbons (Fsp3) is 0. The molecule has 62 valence electrons. The summed E-state index contributed by atoms with van der Waals surface area (Å²) in [6.07, 6.45) is 0. The van der Waals surface area contributed by atoms with E-state index >= 15 is 0 Å². The first kappa shape index (κ1) is 10.2. The van der Waals surface area contributed by atoms with Gasteiger partial charge in [-0.25, -0.2) is 12.1 Å². The van der Waals surface area contributed by atoms with E-state index in [1.165, 1.54) is 0 Å². The Bertz CT molecular complexity index is 144. The zero-order chi connectivity index (χ0) is 7.07. The molecule has 0 saturated carbocycles. The predicted octanol–water partition coefficient (Wildman–Crippen LogP) is 2.01. The summed E-state index contributed by atoms with van der Waals surface area (Å²) in [5.74, 6) is 0. The van der Waals surface area contributed by atoms with Crippen molar-refractivity contribution in [3.05, 3.63) is 60.7 Å². The maximum absolute atomic E-state index is 2.62. The SMILES string of the molecule is [Ni].[c-]1[c-][c-][cH-][c-]1.c1cc[cH-]c1. The van der Waals surface area contributed by atoms with Crippen molar-refractivity contribution >= 4 is 0 Å². The van der Waals surface area contributed by atoms with Crippen LogP contribution in [0, 0.1) is 24.3 Å². The Morgan fingerprint density at radius 1 is 0.909 bits per heavy atom. The molecule has 1 heteroatoms. The Morgan fingerprint density at radius 2 is 1.45 bits per heavy atom. The minimum absolute atomic E-state index is 0. The molecule has 0 bridgehead atoms. The molecular weight excluding hydrogens is 179 g/mol. The van der Waals surface area contributed by atoms with Crippen LogP contribution in [-0.2, 0) is 16.5 Å². The summed E-state index contributed by atoms with van der Waals surface area (Å²) in [5, 5.41) is 0. The quantitative estimate of drug-likeness (QED) is 0.434. The zero-order valence-corrected chi connectivity index (χ0v) is 6.77. The molecule has 2 rings (SSSR count). The Labute approximate surface area is 77.5 Å². The van der Waals surface area contributed by atoms with E-state index < -0.39 is 0 Å². The summed E-state index contributed by atoms with van der Waals surface area (Å²) in [4.78, 5) is 0. The number of hydrogen-bond donors (Lipinski definition) is 0. The molecule has 0 radical (unpaired) electrons. The van der Waals surface area contributed by atoms with Gasteiger partial charge in [-0.05, 0) is 0 Å². The van der Waals surface area contributed by atoms with Crippen LogP contribution in [0.15, 0.2) is 36.4 Å². The molecule has 11 heavy (non-hydrogen) atoms. The van der Waals surface area contributed by atoms with Gasteiger partial charge in [-0.1, -0.05) is 0 Å². The van der Waals surface area contributed by atoms with Crippen molar-refractivity contribution in [2.24, 2.45) is 0 Å². The molecule has 0 aliphatic heterocycles. The molecule has 2 aromatic carbocycles. The summed E-state index contributed by atoms with van der Waals surface area (Å²) in [6.45, 7) is 0. The fourth-order valence-corrected chi connectivity index (χ4v) is 0.501. The van der Waals surface area contributed by atoms with E-state index in [0.717, 1.165) is 0 Å². The maximum Gasteiger partial charge on any atom is 0 e. The molecule has 0 aliphatic carbocycles. The molecule has 0 unspecified atom stereocenters. The first-order chi connectivity index (χ1) is 5.00. The normalized spacial score (nSPS) is 7.27. The van der Waals surface area contributed by atoms with Gasteiger partial charge in [0.25, 0.3) is 0 Å². The fourth-order valence-electron chi connectivity index (χ4n) is 0.501. The third kappa shape index (κ3) is 5.63. The maximum atomic E-state index is 2.62. The van der Waals surface area contributed by atoms with Gasteiger partial charge < -0.3 is 30.3 Å². The minimum Gasteiger partial charge on any atom is -0.999 e. The molecule has 0 aliphatic rings. The molecule has 0 spiro atoms. The van der Waals surface area contributed by atoms with Crippen LogP contribution in [0.3, 0.4) is 0 Å². The van der Waals surface area contributed by atoms with Crippen LogP contribution in [0.4, 0.5) is 0 Å². The molecule has 0 saturated heterocycles. The first-order valence-corrected chi connectivity index (χ1v) is 2.99. The van der Waals surface area contributed by atoms with Gasteiger partial charge in [0.05, 0.1) is 0 Å². The van der Waals surface area contributed by atoms with Gasteiger partial charge in [0, 0.05) is 16.5 Å². The van der Waals surface area contributed by atoms with E-state index in [1.807, 2.05) is 30.3 Å². The second-order valence-corrected chi connectivity index (χ2v) is 1.65. The van der Waals surface area contributed by atoms with Crippen LogP contribution < -0.4 is 0 Å². The van der Waals surface area contributed by atoms with Gasteiger partial charge in [0.1, 0.15) is 0 Å². The standard InChI is InChI=1S/C5H5.C5H.Ni/c2*1-2-4-5-3-1;/h1-5H;1H;/q-1;-5;. The van der Waals surface area contributed by atoms with Crippen LogP contribution in [0.25, 0.3) is 0 Å². The van der Waals surface area contributed by atoms with Crippen LogP contribution in [0.2, 0.25) is 0 Å². The van der Waals surface area contributed by atoms with Crippen molar-refractivity contribution in [1.82, 2.24) is 0 Å². The van der Waals surface area contributed by atoms with E-state index in [0.29, 0.717) is 0 Å². The Balaban J connectivity index is 0.000000167. The molecule has 0 nitrogen and oxygen atoms in total. The Hall–Kier alpha value is -0.806. The summed E-state index contributed by atoms with van der Waals surface area (Å²) < 4.78 is 0. The molecule has 0 amide bonds. The van der Waals surface area contributed by atoms with Gasteiger partial charge >= 0.3 is 0 Å². The van der Waals surface area contributed by atoms with E-state index in [2.05, 4.69) is 24.3 Å². The monoisotopic (exact) mass is 184 g/mol. The first-order valence-electron chi connectivity index (χ1n) is 2.99. The van der Waals surface area contributed by atoms with Gasteiger partial charge in [0.2, 0.25) is 0 Å². The Kier molecular flexibility index (Phi) is 6.77. The summed E-state index contributed by atoms with van der Waals surface area (Å²) in [6, 6.07) is 22.0. The zero-order valence-electron chi connectivity index (χ0n) is 5.78. The second-order valence-electron chi connectivity index (χ2n) is 1.65. The van der Waals surface area contributed by atoms with Crippen molar-refractivity contribution in [2.45, 2.75) is 0 Å². The minimum atomic E-state index is 0. The van der Waals surface area contributed by atoms with Gasteiger partial charge in [-0.2, -0.15) is 18.2 Å². The van der Waals surface area contributed by atoms with Crippen molar-refractivity contribution in [3.63, 3.8) is 0 Å². The number of rotatable bonds is 0. The van der Waals surface area contributed by atoms with Crippen molar-refractivity contribution in [1.29, 1.82) is 0 Å². The average molecular weight is 185 g/mol. The predicted molar refractivity (Wildman–Crippen MR) is 39.4 cm³/mol. The molecule has 0 heterocycles. The molecule has 0 atom stereocenters. The number of hydrogen-bond acceptors (Lipinski definition) is 0. The smallest absolute Gasteiger partial charge is 0 e. The summed E-state index contributed by atoms with van der Waals surface area (Å²) in [5.41, 5.74) is 0. The third-order valence-electron chi connectivity index (χ3n) is 0.907. The summed E-state index contributed by atoms with van der Waals surface area (Å²) in [7, 11) is 0. The van der Waals surface area contributed by atoms with Crippen LogP contribution >= 0.6 is 0 Å². The average Bonchev–Trinajstić information content (AvgIpc) is 2.67. The van der Waals surface area contributed by atoms with Gasteiger partial charge in [-0.15, -0.1) is 0 Å². The van der Waals surface area contributed by atoms with Crippen molar-refractivity contribution < 1.29 is 16.5 Å². The largest absolute Gasteiger partial charge is 0.999 e. The molecule has 0 fully saturated rings. The van der Waals surface area contributed by atoms with Crippen molar-refractivity contribution in [3.8, 4) is 0 Å². The molecule has 0 aromatic heterocycles. The van der Waals surface area contributed by atoms with Gasteiger partial charge in [0.15, 0.2) is 0 Å². The van der Waals surface area contributed by atoms with Gasteiger partial charge in [-0.3, -0.25) is 0 Å². The van der Waals surface area contributed by atoms with Crippen LogP contribution in [0.1, 0.15) is 0 Å². The van der Waals surface area contributed by atoms with E-state index in [1.54, 1.807) is 6.07 Å². The second kappa shape index (κ2) is 7.30. The van der Waals surface area contributed by atoms with Crippen molar-refractivity contribution in [2.75, 3.05) is 0 Å². The third-order valence-corrected chi connectivity index (χ3v) is 0.907. The summed E-state index contributed by atoms with van der Waals surface area (Å²) >= 11 is 0. The van der Waals surface area contributed by atoms with Crippen LogP contribution in [0.5, 0.6) is 0 Å². The Morgan fingerprint density at radius 3 is 1.64 bits per heavy atom. The molecule has 2 aromatic rings. The van der Waals surface area contributed by atoms with E-state index in [-0.39, 0.29) is 16.5 Å².